The van der Waals surface area contributed by atoms with Crippen LogP contribution in [0, 0.1) is 6.92 Å². The summed E-state index contributed by atoms with van der Waals surface area (Å²) in [6, 6.07) is 18.0. The van der Waals surface area contributed by atoms with Gasteiger partial charge < -0.3 is 18.7 Å². The standard InChI is InChI=1S/C16H12O5.2C4H4O.H2O/c1-9-14(21-20-10(2)17)8-7-12-11-5-3-4-6-13(11)16(18)19-15(9)12;2*1-2-4-5-3-1;/h3-8H,1-2H3;2*1-4H;1H2. The maximum absolute atomic E-state index is 12.0. The van der Waals surface area contributed by atoms with Crippen molar-refractivity contribution in [1.82, 2.24) is 0 Å². The molecule has 8 nitrogen and oxygen atoms in total. The normalized spacial score (nSPS) is 9.56. The Kier molecular flexibility index (Phi) is 8.82. The zero-order chi connectivity index (χ0) is 22.1. The van der Waals surface area contributed by atoms with Gasteiger partial charge in [-0.1, -0.05) is 18.2 Å². The van der Waals surface area contributed by atoms with E-state index in [0.717, 1.165) is 10.8 Å². The highest BCUT2D eigenvalue weighted by Crippen LogP contribution is 2.30. The van der Waals surface area contributed by atoms with Gasteiger partial charge in [-0.25, -0.2) is 9.59 Å². The zero-order valence-electron chi connectivity index (χ0n) is 17.4. The van der Waals surface area contributed by atoms with E-state index in [9.17, 15) is 9.59 Å². The second-order valence-electron chi connectivity index (χ2n) is 6.25. The van der Waals surface area contributed by atoms with Crippen molar-refractivity contribution in [2.45, 2.75) is 13.8 Å². The third-order valence-corrected chi connectivity index (χ3v) is 4.09. The summed E-state index contributed by atoms with van der Waals surface area (Å²) in [5.41, 5.74) is 0.603. The van der Waals surface area contributed by atoms with Crippen LogP contribution in [0.4, 0.5) is 0 Å². The number of carbonyl (C=O) groups is 1. The number of hydrogen-bond donors (Lipinski definition) is 0. The summed E-state index contributed by atoms with van der Waals surface area (Å²) in [4.78, 5) is 32.3. The third kappa shape index (κ3) is 6.10. The maximum Gasteiger partial charge on any atom is 0.352 e. The van der Waals surface area contributed by atoms with Crippen LogP contribution >= 0.6 is 0 Å². The van der Waals surface area contributed by atoms with Gasteiger partial charge in [0.05, 0.1) is 30.4 Å². The van der Waals surface area contributed by atoms with Crippen LogP contribution in [0.25, 0.3) is 21.7 Å². The van der Waals surface area contributed by atoms with Gasteiger partial charge in [-0.2, -0.15) is 0 Å². The van der Waals surface area contributed by atoms with E-state index in [1.54, 1.807) is 56.2 Å². The van der Waals surface area contributed by atoms with Gasteiger partial charge in [0.1, 0.15) is 5.58 Å². The van der Waals surface area contributed by atoms with E-state index in [2.05, 4.69) is 13.7 Å². The van der Waals surface area contributed by atoms with Gasteiger partial charge in [0.15, 0.2) is 5.75 Å². The molecule has 8 heteroatoms. The second-order valence-corrected chi connectivity index (χ2v) is 6.25. The lowest BCUT2D eigenvalue weighted by Crippen LogP contribution is -2.05. The van der Waals surface area contributed by atoms with Crippen LogP contribution in [0.15, 0.2) is 104 Å². The molecule has 0 amide bonds. The Morgan fingerprint density at radius 2 is 1.34 bits per heavy atom. The zero-order valence-corrected chi connectivity index (χ0v) is 17.4. The lowest BCUT2D eigenvalue weighted by molar-refractivity contribution is -0.211. The van der Waals surface area contributed by atoms with Crippen molar-refractivity contribution < 1.29 is 33.3 Å². The number of carbonyl (C=O) groups excluding carboxylic acids is 1. The van der Waals surface area contributed by atoms with Gasteiger partial charge in [-0.15, -0.1) is 0 Å². The quantitative estimate of drug-likeness (QED) is 0.167. The summed E-state index contributed by atoms with van der Waals surface area (Å²) >= 11 is 0. The summed E-state index contributed by atoms with van der Waals surface area (Å²) in [7, 11) is 0. The molecule has 0 aliphatic heterocycles. The Morgan fingerprint density at radius 3 is 1.84 bits per heavy atom. The average molecular weight is 438 g/mol. The minimum absolute atomic E-state index is 0. The molecule has 3 heterocycles. The predicted molar refractivity (Wildman–Crippen MR) is 118 cm³/mol. The fourth-order valence-electron chi connectivity index (χ4n) is 2.71. The first-order valence-corrected chi connectivity index (χ1v) is 9.32. The van der Waals surface area contributed by atoms with Gasteiger partial charge in [-0.3, -0.25) is 9.78 Å². The molecule has 0 saturated carbocycles. The van der Waals surface area contributed by atoms with Crippen molar-refractivity contribution in [1.29, 1.82) is 0 Å². The Labute approximate surface area is 182 Å². The summed E-state index contributed by atoms with van der Waals surface area (Å²) in [5.74, 6) is -0.231. The topological polar surface area (TPSA) is 124 Å². The minimum Gasteiger partial charge on any atom is -0.473 e. The van der Waals surface area contributed by atoms with E-state index >= 15 is 0 Å². The molecule has 32 heavy (non-hydrogen) atoms. The van der Waals surface area contributed by atoms with Crippen LogP contribution in [0.3, 0.4) is 0 Å². The number of furan rings is 2. The molecular weight excluding hydrogens is 416 g/mol. The lowest BCUT2D eigenvalue weighted by Gasteiger charge is -2.09. The Hall–Kier alpha value is -4.30. The molecule has 0 aliphatic carbocycles. The Balaban J connectivity index is 0.000000271. The maximum atomic E-state index is 12.0. The largest absolute Gasteiger partial charge is 0.473 e. The molecule has 0 fully saturated rings. The van der Waals surface area contributed by atoms with E-state index in [1.165, 1.54) is 6.92 Å². The van der Waals surface area contributed by atoms with E-state index in [-0.39, 0.29) is 5.48 Å². The first kappa shape index (κ1) is 24.0. The number of hydrogen-bond acceptors (Lipinski definition) is 7. The molecule has 0 aliphatic rings. The highest BCUT2D eigenvalue weighted by molar-refractivity contribution is 6.05. The van der Waals surface area contributed by atoms with Gasteiger partial charge in [0, 0.05) is 17.9 Å². The fraction of sp³-hybridized carbons (Fsp3) is 0.0833. The van der Waals surface area contributed by atoms with Crippen LogP contribution in [0.2, 0.25) is 0 Å². The van der Waals surface area contributed by atoms with Crippen molar-refractivity contribution in [3.63, 3.8) is 0 Å². The summed E-state index contributed by atoms with van der Waals surface area (Å²) < 4.78 is 14.5. The molecule has 5 rings (SSSR count). The third-order valence-electron chi connectivity index (χ3n) is 4.09. The van der Waals surface area contributed by atoms with Crippen molar-refractivity contribution >= 4 is 27.7 Å². The molecule has 0 unspecified atom stereocenters. The molecule has 2 aromatic carbocycles. The summed E-state index contributed by atoms with van der Waals surface area (Å²) in [6.07, 6.45) is 6.50. The Morgan fingerprint density at radius 1 is 0.781 bits per heavy atom. The number of rotatable bonds is 2. The van der Waals surface area contributed by atoms with Crippen LogP contribution in [-0.4, -0.2) is 11.4 Å². The molecule has 0 bridgehead atoms. The molecule has 0 radical (unpaired) electrons. The van der Waals surface area contributed by atoms with Gasteiger partial charge in [0.2, 0.25) is 0 Å². The van der Waals surface area contributed by atoms with Crippen molar-refractivity contribution in [2.24, 2.45) is 0 Å². The molecular formula is C24H22O8. The molecule has 0 spiro atoms. The number of benzene rings is 2. The fourth-order valence-corrected chi connectivity index (χ4v) is 2.71. The van der Waals surface area contributed by atoms with Crippen LogP contribution < -0.4 is 10.5 Å². The predicted octanol–water partition coefficient (Wildman–Crippen LogP) is 4.85. The van der Waals surface area contributed by atoms with E-state index in [4.69, 9.17) is 9.30 Å². The first-order valence-electron chi connectivity index (χ1n) is 9.32. The number of fused-ring (bicyclic) bond motifs is 3. The SMILES string of the molecule is CC(=O)OOc1ccc2c(oc(=O)c3ccccc32)c1C.O.c1ccoc1.c1ccoc1. The average Bonchev–Trinajstić information content (AvgIpc) is 3.53. The monoisotopic (exact) mass is 438 g/mol. The van der Waals surface area contributed by atoms with E-state index in [0.29, 0.717) is 22.3 Å². The smallest absolute Gasteiger partial charge is 0.352 e. The van der Waals surface area contributed by atoms with Crippen molar-refractivity contribution in [3.8, 4) is 5.75 Å². The van der Waals surface area contributed by atoms with Gasteiger partial charge >= 0.3 is 11.6 Å². The molecule has 5 aromatic rings. The van der Waals surface area contributed by atoms with Crippen molar-refractivity contribution in [3.05, 3.63) is 102 Å². The van der Waals surface area contributed by atoms with Gasteiger partial charge in [-0.05, 0) is 54.8 Å². The van der Waals surface area contributed by atoms with E-state index < -0.39 is 11.6 Å². The van der Waals surface area contributed by atoms with E-state index in [1.807, 2.05) is 36.4 Å². The van der Waals surface area contributed by atoms with Gasteiger partial charge in [0.25, 0.3) is 0 Å². The molecule has 0 saturated heterocycles. The minimum atomic E-state index is -0.561. The molecule has 166 valence electrons. The highest BCUT2D eigenvalue weighted by Gasteiger charge is 2.13. The lowest BCUT2D eigenvalue weighted by atomic mass is 10.0. The first-order chi connectivity index (χ1) is 15.1. The molecule has 0 atom stereocenters. The van der Waals surface area contributed by atoms with Crippen LogP contribution in [0.5, 0.6) is 5.75 Å². The molecule has 2 N–H and O–H groups in total. The summed E-state index contributed by atoms with van der Waals surface area (Å²) in [5, 5.41) is 2.14. The van der Waals surface area contributed by atoms with Crippen LogP contribution in [0.1, 0.15) is 12.5 Å². The highest BCUT2D eigenvalue weighted by atomic mass is 17.2. The van der Waals surface area contributed by atoms with Crippen molar-refractivity contribution in [2.75, 3.05) is 0 Å². The van der Waals surface area contributed by atoms with Crippen LogP contribution in [-0.2, 0) is 9.68 Å². The molecule has 3 aromatic heterocycles. The second kappa shape index (κ2) is 11.8. The number of aryl methyl sites for hydroxylation is 1. The Bertz CT molecular complexity index is 1220. The summed E-state index contributed by atoms with van der Waals surface area (Å²) in [6.45, 7) is 2.98.